The number of aryl methyl sites for hydroxylation is 1. The number of nitrogens with one attached hydrogen (secondary N) is 1. The molecular weight excluding hydrogens is 342 g/mol. The molecule has 2 aliphatic heterocycles. The van der Waals surface area contributed by atoms with Crippen molar-refractivity contribution in [3.05, 3.63) is 41.0 Å². The molecule has 1 fully saturated rings. The topological polar surface area (TPSA) is 72.3 Å². The van der Waals surface area contributed by atoms with Gasteiger partial charge in [0.05, 0.1) is 12.7 Å². The lowest BCUT2D eigenvalue weighted by Gasteiger charge is -2.24. The fourth-order valence-corrected chi connectivity index (χ4v) is 4.18. The third-order valence-corrected chi connectivity index (χ3v) is 5.65. The van der Waals surface area contributed by atoms with Gasteiger partial charge in [0.25, 0.3) is 5.91 Å². The molecule has 0 spiro atoms. The summed E-state index contributed by atoms with van der Waals surface area (Å²) >= 11 is 0. The zero-order valence-corrected chi connectivity index (χ0v) is 16.1. The minimum Gasteiger partial charge on any atom is -0.496 e. The summed E-state index contributed by atoms with van der Waals surface area (Å²) in [6.45, 7) is 6.06. The normalized spacial score (nSPS) is 20.1. The van der Waals surface area contributed by atoms with E-state index in [0.717, 1.165) is 49.7 Å². The molecule has 0 radical (unpaired) electrons. The number of para-hydroxylation sites is 1. The molecule has 1 amide bonds. The quantitative estimate of drug-likeness (QED) is 0.893. The van der Waals surface area contributed by atoms with Gasteiger partial charge in [-0.05, 0) is 37.9 Å². The number of amides is 1. The summed E-state index contributed by atoms with van der Waals surface area (Å²) in [5, 5.41) is 12.4. The zero-order valence-electron chi connectivity index (χ0n) is 16.1. The minimum atomic E-state index is 0.0233. The van der Waals surface area contributed by atoms with Crippen molar-refractivity contribution in [2.24, 2.45) is 0 Å². The van der Waals surface area contributed by atoms with Crippen molar-refractivity contribution in [2.45, 2.75) is 38.6 Å². The third kappa shape index (κ3) is 3.43. The average molecular weight is 369 g/mol. The Morgan fingerprint density at radius 2 is 2.15 bits per heavy atom. The van der Waals surface area contributed by atoms with Crippen LogP contribution in [0.1, 0.15) is 46.3 Å². The maximum absolute atomic E-state index is 13.1. The average Bonchev–Trinajstić information content (AvgIpc) is 2.99. The molecular formula is C20H27N5O2. The van der Waals surface area contributed by atoms with E-state index in [2.05, 4.69) is 20.1 Å². The highest BCUT2D eigenvalue weighted by molar-refractivity contribution is 5.97. The lowest BCUT2D eigenvalue weighted by Crippen LogP contribution is -2.34. The summed E-state index contributed by atoms with van der Waals surface area (Å²) in [7, 11) is 1.62. The molecule has 2 aromatic rings. The van der Waals surface area contributed by atoms with E-state index in [0.29, 0.717) is 30.3 Å². The summed E-state index contributed by atoms with van der Waals surface area (Å²) in [4.78, 5) is 15.0. The molecule has 3 heterocycles. The third-order valence-electron chi connectivity index (χ3n) is 5.65. The van der Waals surface area contributed by atoms with Crippen molar-refractivity contribution in [1.29, 1.82) is 0 Å². The van der Waals surface area contributed by atoms with E-state index >= 15 is 0 Å². The van der Waals surface area contributed by atoms with Crippen molar-refractivity contribution >= 4 is 5.91 Å². The highest BCUT2D eigenvalue weighted by atomic mass is 16.5. The predicted molar refractivity (Wildman–Crippen MR) is 102 cm³/mol. The molecule has 1 aromatic heterocycles. The maximum atomic E-state index is 13.1. The minimum absolute atomic E-state index is 0.0233. The van der Waals surface area contributed by atoms with Crippen LogP contribution >= 0.6 is 0 Å². The number of carbonyl (C=O) groups is 1. The molecule has 2 aliphatic rings. The van der Waals surface area contributed by atoms with Gasteiger partial charge in [0, 0.05) is 38.5 Å². The van der Waals surface area contributed by atoms with Gasteiger partial charge in [0.1, 0.15) is 17.4 Å². The van der Waals surface area contributed by atoms with Crippen LogP contribution in [-0.4, -0.2) is 58.9 Å². The van der Waals surface area contributed by atoms with E-state index in [1.165, 1.54) is 6.42 Å². The van der Waals surface area contributed by atoms with Gasteiger partial charge in [-0.2, -0.15) is 0 Å². The Morgan fingerprint density at radius 1 is 1.26 bits per heavy atom. The Morgan fingerprint density at radius 3 is 2.93 bits per heavy atom. The second kappa shape index (κ2) is 7.68. The summed E-state index contributed by atoms with van der Waals surface area (Å²) in [6, 6.07) is 5.72. The summed E-state index contributed by atoms with van der Waals surface area (Å²) in [5.41, 5.74) is 1.61. The Bertz CT molecular complexity index is 826. The number of hydrogen-bond donors (Lipinski definition) is 1. The number of methoxy groups -OCH3 is 1. The highest BCUT2D eigenvalue weighted by Gasteiger charge is 2.27. The smallest absolute Gasteiger partial charge is 0.257 e. The first-order valence-electron chi connectivity index (χ1n) is 9.74. The second-order valence-electron chi connectivity index (χ2n) is 7.37. The number of piperidine rings is 1. The molecule has 0 unspecified atom stereocenters. The van der Waals surface area contributed by atoms with Gasteiger partial charge in [-0.1, -0.05) is 12.1 Å². The van der Waals surface area contributed by atoms with E-state index in [1.807, 2.05) is 30.0 Å². The largest absolute Gasteiger partial charge is 0.496 e. The Hall–Kier alpha value is -2.41. The lowest BCUT2D eigenvalue weighted by molar-refractivity contribution is 0.0755. The van der Waals surface area contributed by atoms with Crippen LogP contribution in [0.5, 0.6) is 5.75 Å². The van der Waals surface area contributed by atoms with E-state index in [-0.39, 0.29) is 5.91 Å². The Labute approximate surface area is 159 Å². The molecule has 7 nitrogen and oxygen atoms in total. The first-order valence-corrected chi connectivity index (χ1v) is 9.74. The van der Waals surface area contributed by atoms with Gasteiger partial charge >= 0.3 is 0 Å². The fraction of sp³-hybridized carbons (Fsp3) is 0.550. The van der Waals surface area contributed by atoms with Crippen LogP contribution in [0.3, 0.4) is 0 Å². The van der Waals surface area contributed by atoms with Gasteiger partial charge in [-0.3, -0.25) is 4.79 Å². The van der Waals surface area contributed by atoms with Crippen LogP contribution < -0.4 is 10.1 Å². The van der Waals surface area contributed by atoms with Crippen LogP contribution in [0.2, 0.25) is 0 Å². The number of ether oxygens (including phenoxy) is 1. The van der Waals surface area contributed by atoms with E-state index in [1.54, 1.807) is 7.11 Å². The Kier molecular flexibility index (Phi) is 5.11. The Balaban J connectivity index is 1.53. The van der Waals surface area contributed by atoms with Crippen molar-refractivity contribution in [3.8, 4) is 5.75 Å². The molecule has 7 heteroatoms. The summed E-state index contributed by atoms with van der Waals surface area (Å²) in [5.74, 6) is 3.16. The number of rotatable bonds is 3. The molecule has 1 saturated heterocycles. The van der Waals surface area contributed by atoms with E-state index < -0.39 is 0 Å². The number of fused-ring (bicyclic) bond motifs is 1. The monoisotopic (exact) mass is 369 g/mol. The first kappa shape index (κ1) is 18.0. The van der Waals surface area contributed by atoms with Crippen molar-refractivity contribution < 1.29 is 9.53 Å². The molecule has 27 heavy (non-hydrogen) atoms. The van der Waals surface area contributed by atoms with E-state index in [4.69, 9.17) is 4.74 Å². The first-order chi connectivity index (χ1) is 13.2. The van der Waals surface area contributed by atoms with Crippen LogP contribution in [-0.2, 0) is 13.0 Å². The molecule has 0 saturated carbocycles. The van der Waals surface area contributed by atoms with Crippen LogP contribution in [0, 0.1) is 6.92 Å². The number of nitrogens with zero attached hydrogens (tertiary/aromatic N) is 4. The highest BCUT2D eigenvalue weighted by Crippen LogP contribution is 2.26. The molecule has 1 atom stereocenters. The zero-order chi connectivity index (χ0) is 18.8. The second-order valence-corrected chi connectivity index (χ2v) is 7.37. The van der Waals surface area contributed by atoms with Crippen molar-refractivity contribution in [1.82, 2.24) is 25.0 Å². The van der Waals surface area contributed by atoms with Crippen LogP contribution in [0.4, 0.5) is 0 Å². The number of benzene rings is 1. The molecule has 4 rings (SSSR count). The fourth-order valence-electron chi connectivity index (χ4n) is 4.18. The number of aromatic nitrogens is 3. The SMILES string of the molecule is COc1c(C)cccc1C(=O)N1CCc2nnc([C@H]3CCCNC3)n2CC1. The van der Waals surface area contributed by atoms with Crippen LogP contribution in [0.15, 0.2) is 18.2 Å². The molecule has 1 N–H and O–H groups in total. The lowest BCUT2D eigenvalue weighted by atomic mass is 9.99. The standard InChI is InChI=1S/C20H27N5O2/c1-14-5-3-7-16(18(14)27-2)20(26)24-10-8-17-22-23-19(25(17)12-11-24)15-6-4-9-21-13-15/h3,5,7,15,21H,4,6,8-13H2,1-2H3/t15-/m0/s1. The van der Waals surface area contributed by atoms with Crippen molar-refractivity contribution in [3.63, 3.8) is 0 Å². The summed E-state index contributed by atoms with van der Waals surface area (Å²) < 4.78 is 7.72. The van der Waals surface area contributed by atoms with Crippen LogP contribution in [0.25, 0.3) is 0 Å². The molecule has 1 aromatic carbocycles. The molecule has 0 aliphatic carbocycles. The maximum Gasteiger partial charge on any atom is 0.257 e. The number of carbonyl (C=O) groups excluding carboxylic acids is 1. The molecule has 144 valence electrons. The van der Waals surface area contributed by atoms with Gasteiger partial charge in [-0.15, -0.1) is 10.2 Å². The summed E-state index contributed by atoms with van der Waals surface area (Å²) in [6.07, 6.45) is 3.05. The van der Waals surface area contributed by atoms with Crippen molar-refractivity contribution in [2.75, 3.05) is 33.3 Å². The van der Waals surface area contributed by atoms with Gasteiger partial charge in [0.2, 0.25) is 0 Å². The predicted octanol–water partition coefficient (Wildman–Crippen LogP) is 1.76. The number of hydrogen-bond acceptors (Lipinski definition) is 5. The van der Waals surface area contributed by atoms with Gasteiger partial charge < -0.3 is 19.5 Å². The van der Waals surface area contributed by atoms with Gasteiger partial charge in [-0.25, -0.2) is 0 Å². The molecule has 0 bridgehead atoms. The van der Waals surface area contributed by atoms with Gasteiger partial charge in [0.15, 0.2) is 0 Å². The van der Waals surface area contributed by atoms with E-state index in [9.17, 15) is 4.79 Å².